The number of hydrogen-bond donors (Lipinski definition) is 1. The minimum absolute atomic E-state index is 0.0520. The van der Waals surface area contributed by atoms with Gasteiger partial charge in [-0.1, -0.05) is 42.1 Å². The van der Waals surface area contributed by atoms with Crippen LogP contribution in [0.25, 0.3) is 0 Å². The molecule has 0 aromatic heterocycles. The molecular formula is C22H31Cl2N3O3. The molecular weight excluding hydrogens is 425 g/mol. The molecule has 0 bridgehead atoms. The van der Waals surface area contributed by atoms with Gasteiger partial charge in [0.15, 0.2) is 0 Å². The molecule has 0 spiro atoms. The smallest absolute Gasteiger partial charge is 0.406 e. The third kappa shape index (κ3) is 6.02. The number of nitrogens with zero attached hydrogens (tertiary/aromatic N) is 2. The predicted molar refractivity (Wildman–Crippen MR) is 119 cm³/mol. The zero-order chi connectivity index (χ0) is 21.5. The summed E-state index contributed by atoms with van der Waals surface area (Å²) in [5.74, 6) is 0.0520. The molecule has 1 N–H and O–H groups in total. The van der Waals surface area contributed by atoms with E-state index >= 15 is 0 Å². The number of rotatable bonds is 7. The molecule has 1 aliphatic carbocycles. The predicted octanol–water partition coefficient (Wildman–Crippen LogP) is 4.13. The maximum absolute atomic E-state index is 13.4. The van der Waals surface area contributed by atoms with Crippen LogP contribution in [0.2, 0.25) is 10.0 Å². The Kier molecular flexibility index (Phi) is 8.66. The van der Waals surface area contributed by atoms with Crippen LogP contribution in [0.5, 0.6) is 0 Å². The monoisotopic (exact) mass is 455 g/mol. The molecule has 1 aliphatic heterocycles. The fourth-order valence-corrected chi connectivity index (χ4v) is 5.03. The molecule has 2 atom stereocenters. The molecule has 3 rings (SSSR count). The zero-order valence-electron chi connectivity index (χ0n) is 17.5. The Balaban J connectivity index is 1.75. The van der Waals surface area contributed by atoms with Crippen LogP contribution in [0.3, 0.4) is 0 Å². The molecule has 8 heteroatoms. The van der Waals surface area contributed by atoms with E-state index in [0.717, 1.165) is 37.9 Å². The molecule has 2 fully saturated rings. The molecule has 6 nitrogen and oxygen atoms in total. The van der Waals surface area contributed by atoms with Crippen molar-refractivity contribution in [1.29, 1.82) is 0 Å². The number of hydrogen-bond acceptors (Lipinski definition) is 4. The van der Waals surface area contributed by atoms with Gasteiger partial charge in [0, 0.05) is 25.2 Å². The lowest BCUT2D eigenvalue weighted by Gasteiger charge is -2.44. The van der Waals surface area contributed by atoms with Gasteiger partial charge in [-0.2, -0.15) is 0 Å². The Morgan fingerprint density at radius 3 is 2.57 bits per heavy atom. The Morgan fingerprint density at radius 2 is 1.87 bits per heavy atom. The van der Waals surface area contributed by atoms with Gasteiger partial charge in [-0.15, -0.1) is 0 Å². The SMILES string of the molecule is COC(=O)NCCN(C(=O)Cc1ccc(Cl)c(Cl)c1)[C@@H]1CCCC[C@H]1N1CCCC1. The number of ether oxygens (including phenoxy) is 1. The summed E-state index contributed by atoms with van der Waals surface area (Å²) in [6.45, 7) is 3.04. The van der Waals surface area contributed by atoms with Crippen LogP contribution in [0, 0.1) is 0 Å². The van der Waals surface area contributed by atoms with Gasteiger partial charge in [0.05, 0.1) is 23.6 Å². The van der Waals surface area contributed by atoms with Crippen LogP contribution >= 0.6 is 23.2 Å². The standard InChI is InChI=1S/C22H31Cl2N3O3/c1-30-22(29)25-10-13-27(21(28)15-16-8-9-17(23)18(24)14-16)20-7-3-2-6-19(20)26-11-4-5-12-26/h8-9,14,19-20H,2-7,10-13,15H2,1H3,(H,25,29)/t19-,20-/m1/s1. The normalized spacial score (nSPS) is 22.0. The average Bonchev–Trinajstić information content (AvgIpc) is 3.28. The van der Waals surface area contributed by atoms with Crippen molar-refractivity contribution in [1.82, 2.24) is 15.1 Å². The first-order chi connectivity index (χ1) is 14.5. The van der Waals surface area contributed by atoms with Crippen molar-refractivity contribution in [2.45, 2.75) is 57.0 Å². The van der Waals surface area contributed by atoms with Crippen LogP contribution in [0.4, 0.5) is 4.79 Å². The Morgan fingerprint density at radius 1 is 1.13 bits per heavy atom. The van der Waals surface area contributed by atoms with Gasteiger partial charge in [-0.05, 0) is 56.5 Å². The summed E-state index contributed by atoms with van der Waals surface area (Å²) in [7, 11) is 1.34. The first kappa shape index (κ1) is 23.2. The summed E-state index contributed by atoms with van der Waals surface area (Å²) in [5, 5.41) is 3.65. The van der Waals surface area contributed by atoms with E-state index in [0.29, 0.717) is 29.2 Å². The van der Waals surface area contributed by atoms with Crippen LogP contribution in [0.15, 0.2) is 18.2 Å². The van der Waals surface area contributed by atoms with E-state index in [9.17, 15) is 9.59 Å². The van der Waals surface area contributed by atoms with Gasteiger partial charge in [0.1, 0.15) is 0 Å². The molecule has 0 unspecified atom stereocenters. The largest absolute Gasteiger partial charge is 0.453 e. The van der Waals surface area contributed by atoms with Crippen LogP contribution in [0.1, 0.15) is 44.1 Å². The maximum Gasteiger partial charge on any atom is 0.406 e. The molecule has 1 saturated carbocycles. The number of benzene rings is 1. The highest BCUT2D eigenvalue weighted by Crippen LogP contribution is 2.30. The highest BCUT2D eigenvalue weighted by atomic mass is 35.5. The van der Waals surface area contributed by atoms with Crippen molar-refractivity contribution in [2.24, 2.45) is 0 Å². The summed E-state index contributed by atoms with van der Waals surface area (Å²) in [6, 6.07) is 5.87. The van der Waals surface area contributed by atoms with E-state index in [1.807, 2.05) is 11.0 Å². The second-order valence-corrected chi connectivity index (χ2v) is 8.91. The second-order valence-electron chi connectivity index (χ2n) is 8.09. The molecule has 0 radical (unpaired) electrons. The quantitative estimate of drug-likeness (QED) is 0.671. The number of amides is 2. The number of carbonyl (C=O) groups is 2. The van der Waals surface area contributed by atoms with Crippen molar-refractivity contribution < 1.29 is 14.3 Å². The van der Waals surface area contributed by atoms with Crippen LogP contribution in [-0.4, -0.2) is 67.2 Å². The first-order valence-corrected chi connectivity index (χ1v) is 11.5. The van der Waals surface area contributed by atoms with E-state index in [1.165, 1.54) is 26.4 Å². The maximum atomic E-state index is 13.4. The lowest BCUT2D eigenvalue weighted by Crippen LogP contribution is -2.56. The highest BCUT2D eigenvalue weighted by Gasteiger charge is 2.36. The van der Waals surface area contributed by atoms with E-state index in [1.54, 1.807) is 12.1 Å². The summed E-state index contributed by atoms with van der Waals surface area (Å²) < 4.78 is 4.67. The third-order valence-corrected chi connectivity index (χ3v) is 6.91. The number of methoxy groups -OCH3 is 1. The number of nitrogens with one attached hydrogen (secondary N) is 1. The summed E-state index contributed by atoms with van der Waals surface area (Å²) in [4.78, 5) is 29.4. The summed E-state index contributed by atoms with van der Waals surface area (Å²) in [5.41, 5.74) is 0.842. The number of carbonyl (C=O) groups excluding carboxylic acids is 2. The second kappa shape index (κ2) is 11.2. The van der Waals surface area contributed by atoms with Gasteiger partial charge in [0.25, 0.3) is 0 Å². The summed E-state index contributed by atoms with van der Waals surface area (Å²) in [6.07, 6.45) is 6.67. The minimum Gasteiger partial charge on any atom is -0.453 e. The molecule has 166 valence electrons. The lowest BCUT2D eigenvalue weighted by molar-refractivity contribution is -0.135. The molecule has 1 heterocycles. The molecule has 30 heavy (non-hydrogen) atoms. The van der Waals surface area contributed by atoms with E-state index < -0.39 is 6.09 Å². The van der Waals surface area contributed by atoms with Crippen LogP contribution in [-0.2, 0) is 16.0 Å². The van der Waals surface area contributed by atoms with E-state index in [4.69, 9.17) is 23.2 Å². The van der Waals surface area contributed by atoms with Gasteiger partial charge in [-0.25, -0.2) is 4.79 Å². The van der Waals surface area contributed by atoms with E-state index in [-0.39, 0.29) is 18.4 Å². The van der Waals surface area contributed by atoms with Gasteiger partial charge in [0.2, 0.25) is 5.91 Å². The van der Waals surface area contributed by atoms with Crippen molar-refractivity contribution in [3.63, 3.8) is 0 Å². The fourth-order valence-electron chi connectivity index (χ4n) is 4.71. The zero-order valence-corrected chi connectivity index (χ0v) is 19.1. The van der Waals surface area contributed by atoms with Gasteiger partial charge < -0.3 is 15.0 Å². The fraction of sp³-hybridized carbons (Fsp3) is 0.636. The molecule has 1 saturated heterocycles. The van der Waals surface area contributed by atoms with Crippen molar-refractivity contribution in [3.8, 4) is 0 Å². The third-order valence-electron chi connectivity index (χ3n) is 6.17. The molecule has 1 aromatic carbocycles. The number of alkyl carbamates (subject to hydrolysis) is 1. The highest BCUT2D eigenvalue weighted by molar-refractivity contribution is 6.42. The van der Waals surface area contributed by atoms with Gasteiger partial charge in [-0.3, -0.25) is 9.69 Å². The number of halogens is 2. The minimum atomic E-state index is -0.480. The molecule has 2 amide bonds. The Bertz CT molecular complexity index is 740. The Hall–Kier alpha value is -1.50. The number of likely N-dealkylation sites (tertiary alicyclic amines) is 1. The molecule has 1 aromatic rings. The van der Waals surface area contributed by atoms with Crippen molar-refractivity contribution in [2.75, 3.05) is 33.3 Å². The topological polar surface area (TPSA) is 61.9 Å². The van der Waals surface area contributed by atoms with Crippen LogP contribution < -0.4 is 5.32 Å². The van der Waals surface area contributed by atoms with Gasteiger partial charge >= 0.3 is 6.09 Å². The van der Waals surface area contributed by atoms with E-state index in [2.05, 4.69) is 15.0 Å². The van der Waals surface area contributed by atoms with Crippen molar-refractivity contribution in [3.05, 3.63) is 33.8 Å². The molecule has 2 aliphatic rings. The lowest BCUT2D eigenvalue weighted by atomic mass is 9.87. The average molecular weight is 456 g/mol. The Labute approximate surface area is 188 Å². The summed E-state index contributed by atoms with van der Waals surface area (Å²) >= 11 is 12.2. The van der Waals surface area contributed by atoms with Crippen molar-refractivity contribution >= 4 is 35.2 Å². The first-order valence-electron chi connectivity index (χ1n) is 10.8.